The summed E-state index contributed by atoms with van der Waals surface area (Å²) < 4.78 is 60.1. The van der Waals surface area contributed by atoms with Gasteiger partial charge in [-0.15, -0.1) is 0 Å². The van der Waals surface area contributed by atoms with Crippen LogP contribution in [-0.4, -0.2) is 47.7 Å². The molecule has 0 unspecified atom stereocenters. The fourth-order valence-electron chi connectivity index (χ4n) is 5.06. The predicted octanol–water partition coefficient (Wildman–Crippen LogP) is 4.30. The van der Waals surface area contributed by atoms with Crippen LogP contribution in [0.15, 0.2) is 51.9 Å². The number of benzene rings is 2. The third-order valence-electron chi connectivity index (χ3n) is 7.75. The molecule has 0 atom stereocenters. The second-order valence-electron chi connectivity index (χ2n) is 11.0. The summed E-state index contributed by atoms with van der Waals surface area (Å²) in [7, 11) is -3.12. The van der Waals surface area contributed by atoms with E-state index in [2.05, 4.69) is 10.1 Å². The molecule has 2 aliphatic rings. The van der Waals surface area contributed by atoms with E-state index in [0.717, 1.165) is 18.4 Å². The third kappa shape index (κ3) is 4.84. The molecule has 1 aliphatic carbocycles. The van der Waals surface area contributed by atoms with Crippen LogP contribution in [0.2, 0.25) is 0 Å². The van der Waals surface area contributed by atoms with Crippen LogP contribution >= 0.6 is 0 Å². The van der Waals surface area contributed by atoms with Gasteiger partial charge in [-0.1, -0.05) is 17.3 Å². The molecule has 0 bridgehead atoms. The van der Waals surface area contributed by atoms with E-state index < -0.39 is 26.5 Å². The summed E-state index contributed by atoms with van der Waals surface area (Å²) in [5.74, 6) is -0.190. The summed E-state index contributed by atoms with van der Waals surface area (Å²) in [5.41, 5.74) is 0.669. The molecule has 11 heteroatoms. The number of rotatable bonds is 6. The minimum Gasteiger partial charge on any atom is -0.367 e. The Morgan fingerprint density at radius 2 is 1.77 bits per heavy atom. The highest BCUT2D eigenvalue weighted by Crippen LogP contribution is 2.35. The Morgan fingerprint density at radius 1 is 1.08 bits per heavy atom. The molecule has 4 aromatic rings. The van der Waals surface area contributed by atoms with E-state index in [-0.39, 0.29) is 58.8 Å². The van der Waals surface area contributed by atoms with Crippen molar-refractivity contribution < 1.29 is 21.7 Å². The molecular weight excluding hydrogens is 526 g/mol. The quantitative estimate of drug-likeness (QED) is 0.351. The summed E-state index contributed by atoms with van der Waals surface area (Å²) >= 11 is 0. The number of hydrogen-bond acceptors (Lipinski definition) is 7. The molecule has 6 rings (SSSR count). The first-order chi connectivity index (χ1) is 18.5. The van der Waals surface area contributed by atoms with Gasteiger partial charge in [-0.2, -0.15) is 4.98 Å². The van der Waals surface area contributed by atoms with Crippen LogP contribution < -0.4 is 10.3 Å². The van der Waals surface area contributed by atoms with Gasteiger partial charge in [0.25, 0.3) is 0 Å². The largest absolute Gasteiger partial charge is 0.367 e. The lowest BCUT2D eigenvalue weighted by Crippen LogP contribution is -2.40. The van der Waals surface area contributed by atoms with Crippen molar-refractivity contribution in [2.24, 2.45) is 5.92 Å². The van der Waals surface area contributed by atoms with Crippen LogP contribution in [0.4, 0.5) is 14.5 Å². The van der Waals surface area contributed by atoms with Crippen LogP contribution in [0.5, 0.6) is 0 Å². The van der Waals surface area contributed by atoms with E-state index in [9.17, 15) is 17.6 Å². The fourth-order valence-corrected chi connectivity index (χ4v) is 6.26. The van der Waals surface area contributed by atoms with Crippen LogP contribution in [0.25, 0.3) is 22.3 Å². The Bertz CT molecular complexity index is 1730. The van der Waals surface area contributed by atoms with Gasteiger partial charge in [0.1, 0.15) is 11.6 Å². The first-order valence-corrected chi connectivity index (χ1v) is 14.8. The first kappa shape index (κ1) is 25.7. The predicted molar refractivity (Wildman–Crippen MR) is 144 cm³/mol. The number of hydrogen-bond donors (Lipinski definition) is 0. The SMILES string of the molecule is CC(C)(c1ccc(F)cc1)c1nc(-c2cn(CC3CC3)c3cc(N4CCS(=O)(=O)CC4)c(F)cc3c2=O)no1. The molecule has 1 saturated carbocycles. The molecule has 0 amide bonds. The average Bonchev–Trinajstić information content (AvgIpc) is 3.57. The standard InChI is InChI=1S/C28H28F2N4O4S/c1-28(2,18-5-7-19(29)8-6-18)27-31-26(32-38-27)21-16-34(15-17-3-4-17)23-14-24(22(30)13-20(23)25(21)35)33-9-11-39(36,37)12-10-33/h5-8,13-14,16-17H,3-4,9-12,15H2,1-2H3. The van der Waals surface area contributed by atoms with Crippen molar-refractivity contribution in [1.29, 1.82) is 0 Å². The van der Waals surface area contributed by atoms with E-state index in [1.165, 1.54) is 18.2 Å². The lowest BCUT2D eigenvalue weighted by atomic mass is 9.84. The molecular formula is C28H28F2N4O4S. The van der Waals surface area contributed by atoms with Crippen molar-refractivity contribution >= 4 is 26.4 Å². The number of fused-ring (bicyclic) bond motifs is 1. The van der Waals surface area contributed by atoms with Crippen LogP contribution in [0.1, 0.15) is 38.1 Å². The molecule has 1 aliphatic heterocycles. The van der Waals surface area contributed by atoms with Gasteiger partial charge in [0.05, 0.1) is 33.7 Å². The first-order valence-electron chi connectivity index (χ1n) is 12.9. The number of anilines is 1. The van der Waals surface area contributed by atoms with Gasteiger partial charge in [-0.3, -0.25) is 4.79 Å². The Kier molecular flexibility index (Phi) is 6.09. The van der Waals surface area contributed by atoms with Gasteiger partial charge in [0.15, 0.2) is 9.84 Å². The average molecular weight is 555 g/mol. The van der Waals surface area contributed by atoms with Crippen LogP contribution in [0.3, 0.4) is 0 Å². The molecule has 0 radical (unpaired) electrons. The van der Waals surface area contributed by atoms with E-state index in [4.69, 9.17) is 4.52 Å². The molecule has 204 valence electrons. The molecule has 2 aromatic heterocycles. The Balaban J connectivity index is 1.43. The normalized spacial score (nSPS) is 17.6. The Labute approximate surface area is 224 Å². The van der Waals surface area contributed by atoms with E-state index in [1.54, 1.807) is 29.3 Å². The minimum atomic E-state index is -3.12. The Morgan fingerprint density at radius 3 is 2.44 bits per heavy atom. The van der Waals surface area contributed by atoms with Gasteiger partial charge in [-0.05, 0) is 62.4 Å². The highest BCUT2D eigenvalue weighted by atomic mass is 32.2. The van der Waals surface area contributed by atoms with Crippen molar-refractivity contribution in [2.75, 3.05) is 29.5 Å². The Hall–Kier alpha value is -3.60. The van der Waals surface area contributed by atoms with Gasteiger partial charge >= 0.3 is 0 Å². The lowest BCUT2D eigenvalue weighted by Gasteiger charge is -2.29. The molecule has 2 aromatic carbocycles. The number of pyridine rings is 1. The maximum absolute atomic E-state index is 15.4. The second kappa shape index (κ2) is 9.25. The highest BCUT2D eigenvalue weighted by Gasteiger charge is 2.32. The van der Waals surface area contributed by atoms with Crippen molar-refractivity contribution in [1.82, 2.24) is 14.7 Å². The van der Waals surface area contributed by atoms with E-state index in [1.807, 2.05) is 18.4 Å². The second-order valence-corrected chi connectivity index (χ2v) is 13.3. The molecule has 2 fully saturated rings. The summed E-state index contributed by atoms with van der Waals surface area (Å²) in [4.78, 5) is 19.9. The van der Waals surface area contributed by atoms with Crippen molar-refractivity contribution in [3.05, 3.63) is 75.9 Å². The maximum Gasteiger partial charge on any atom is 0.237 e. The summed E-state index contributed by atoms with van der Waals surface area (Å²) in [6.45, 7) is 4.78. The number of aromatic nitrogens is 3. The van der Waals surface area contributed by atoms with Crippen LogP contribution in [-0.2, 0) is 21.8 Å². The van der Waals surface area contributed by atoms with Gasteiger partial charge in [0, 0.05) is 31.2 Å². The molecule has 0 spiro atoms. The topological polar surface area (TPSA) is 98.3 Å². The molecule has 1 saturated heterocycles. The van der Waals surface area contributed by atoms with Gasteiger partial charge < -0.3 is 14.0 Å². The monoisotopic (exact) mass is 554 g/mol. The zero-order valence-corrected chi connectivity index (χ0v) is 22.5. The molecule has 0 N–H and O–H groups in total. The van der Waals surface area contributed by atoms with Crippen molar-refractivity contribution in [3.63, 3.8) is 0 Å². The summed E-state index contributed by atoms with van der Waals surface area (Å²) in [5, 5.41) is 4.29. The highest BCUT2D eigenvalue weighted by molar-refractivity contribution is 7.91. The van der Waals surface area contributed by atoms with Crippen LogP contribution in [0, 0.1) is 17.6 Å². The number of nitrogens with zero attached hydrogens (tertiary/aromatic N) is 4. The lowest BCUT2D eigenvalue weighted by molar-refractivity contribution is 0.332. The summed E-state index contributed by atoms with van der Waals surface area (Å²) in [6.07, 6.45) is 3.84. The number of halogens is 2. The molecule has 3 heterocycles. The smallest absolute Gasteiger partial charge is 0.237 e. The van der Waals surface area contributed by atoms with Crippen molar-refractivity contribution in [2.45, 2.75) is 38.6 Å². The fraction of sp³-hybridized carbons (Fsp3) is 0.393. The van der Waals surface area contributed by atoms with Crippen molar-refractivity contribution in [3.8, 4) is 11.4 Å². The third-order valence-corrected chi connectivity index (χ3v) is 9.36. The zero-order valence-electron chi connectivity index (χ0n) is 21.7. The maximum atomic E-state index is 15.4. The van der Waals surface area contributed by atoms with E-state index in [0.29, 0.717) is 18.0 Å². The minimum absolute atomic E-state index is 0.0350. The summed E-state index contributed by atoms with van der Waals surface area (Å²) in [6, 6.07) is 8.90. The van der Waals surface area contributed by atoms with E-state index >= 15 is 4.39 Å². The molecule has 39 heavy (non-hydrogen) atoms. The van der Waals surface area contributed by atoms with Gasteiger partial charge in [-0.25, -0.2) is 17.2 Å². The zero-order chi connectivity index (χ0) is 27.5. The number of sulfone groups is 1. The van der Waals surface area contributed by atoms with Gasteiger partial charge in [0.2, 0.25) is 17.1 Å². The molecule has 8 nitrogen and oxygen atoms in total.